The zero-order chi connectivity index (χ0) is 30.5. The molecule has 2 aromatic carbocycles. The molecule has 0 aliphatic heterocycles. The maximum absolute atomic E-state index is 13.9. The van der Waals surface area contributed by atoms with Crippen LogP contribution in [-0.4, -0.2) is 72.0 Å². The van der Waals surface area contributed by atoms with Gasteiger partial charge in [-0.2, -0.15) is 0 Å². The lowest BCUT2D eigenvalue weighted by Gasteiger charge is -2.25. The quantitative estimate of drug-likeness (QED) is 0.260. The van der Waals surface area contributed by atoms with Gasteiger partial charge in [-0.3, -0.25) is 19.2 Å². The van der Waals surface area contributed by atoms with Gasteiger partial charge in [-0.15, -0.1) is 0 Å². The number of amides is 4. The second-order valence-corrected chi connectivity index (χ2v) is 10.1. The van der Waals surface area contributed by atoms with E-state index in [-0.39, 0.29) is 48.9 Å². The van der Waals surface area contributed by atoms with Crippen molar-refractivity contribution in [1.29, 1.82) is 0 Å². The minimum absolute atomic E-state index is 0.00903. The first-order valence-electron chi connectivity index (χ1n) is 13.8. The highest BCUT2D eigenvalue weighted by Crippen LogP contribution is 2.16. The largest absolute Gasteiger partial charge is 0.391 e. The van der Waals surface area contributed by atoms with Crippen molar-refractivity contribution in [3.05, 3.63) is 70.3 Å². The van der Waals surface area contributed by atoms with Crippen molar-refractivity contribution >= 4 is 23.6 Å². The second kappa shape index (κ2) is 16.4. The summed E-state index contributed by atoms with van der Waals surface area (Å²) < 4.78 is 27.7. The van der Waals surface area contributed by atoms with E-state index in [0.29, 0.717) is 24.2 Å². The first-order valence-corrected chi connectivity index (χ1v) is 13.8. The summed E-state index contributed by atoms with van der Waals surface area (Å²) in [5.41, 5.74) is 1.48. The molecule has 0 bridgehead atoms. The van der Waals surface area contributed by atoms with E-state index < -0.39 is 35.6 Å². The third kappa shape index (κ3) is 11.3. The lowest BCUT2D eigenvalue weighted by Crippen LogP contribution is -2.46. The van der Waals surface area contributed by atoms with Crippen molar-refractivity contribution in [1.82, 2.24) is 20.9 Å². The Bertz CT molecular complexity index is 1200. The smallest absolute Gasteiger partial charge is 0.253 e. The fourth-order valence-electron chi connectivity index (χ4n) is 4.42. The maximum Gasteiger partial charge on any atom is 0.253 e. The summed E-state index contributed by atoms with van der Waals surface area (Å²) in [7, 11) is 0. The van der Waals surface area contributed by atoms with Crippen LogP contribution in [0.3, 0.4) is 0 Å². The third-order valence-electron chi connectivity index (χ3n) is 6.28. The molecule has 0 aromatic heterocycles. The molecule has 2 aromatic rings. The van der Waals surface area contributed by atoms with Gasteiger partial charge < -0.3 is 26.0 Å². The standard InChI is InChI=1S/C30H40F2N4O5/c1-5-9-36(10-6-2)30(41)23-12-19(3)11-22(16-23)29(40)35-26(15-21-13-24(31)17-25(32)14-21)27(38)7-8-33-28(39)18-34-20(4)37/h11-14,16-17,26-27,38H,5-10,15,18H2,1-4H3,(H,33,39)(H,34,37)(H,35,40)/t26-,27+/m0/s1. The van der Waals surface area contributed by atoms with Gasteiger partial charge in [0.2, 0.25) is 11.8 Å². The molecule has 224 valence electrons. The number of carbonyl (C=O) groups is 4. The number of hydrogen-bond donors (Lipinski definition) is 4. The minimum Gasteiger partial charge on any atom is -0.391 e. The van der Waals surface area contributed by atoms with E-state index in [2.05, 4.69) is 16.0 Å². The highest BCUT2D eigenvalue weighted by molar-refractivity contribution is 6.00. The number of nitrogens with one attached hydrogen (secondary N) is 3. The number of benzene rings is 2. The van der Waals surface area contributed by atoms with Gasteiger partial charge >= 0.3 is 0 Å². The lowest BCUT2D eigenvalue weighted by atomic mass is 9.97. The minimum atomic E-state index is -1.21. The monoisotopic (exact) mass is 574 g/mol. The fraction of sp³-hybridized carbons (Fsp3) is 0.467. The summed E-state index contributed by atoms with van der Waals surface area (Å²) in [6.45, 7) is 7.98. The van der Waals surface area contributed by atoms with Crippen LogP contribution in [0.25, 0.3) is 0 Å². The Morgan fingerprint density at radius 2 is 1.51 bits per heavy atom. The average molecular weight is 575 g/mol. The van der Waals surface area contributed by atoms with E-state index in [9.17, 15) is 33.1 Å². The highest BCUT2D eigenvalue weighted by atomic mass is 19.1. The van der Waals surface area contributed by atoms with Crippen LogP contribution in [0, 0.1) is 18.6 Å². The molecule has 4 amide bonds. The van der Waals surface area contributed by atoms with Gasteiger partial charge in [0.1, 0.15) is 11.6 Å². The number of aliphatic hydroxyl groups is 1. The molecule has 0 saturated carbocycles. The van der Waals surface area contributed by atoms with Crippen LogP contribution in [0.1, 0.15) is 71.9 Å². The summed E-state index contributed by atoms with van der Waals surface area (Å²) in [4.78, 5) is 51.1. The fourth-order valence-corrected chi connectivity index (χ4v) is 4.42. The molecule has 41 heavy (non-hydrogen) atoms. The lowest BCUT2D eigenvalue weighted by molar-refractivity contribution is -0.125. The molecule has 11 heteroatoms. The summed E-state index contributed by atoms with van der Waals surface area (Å²) in [6.07, 6.45) is 0.286. The Labute approximate surface area is 239 Å². The first kappa shape index (κ1) is 33.3. The summed E-state index contributed by atoms with van der Waals surface area (Å²) in [6, 6.07) is 6.80. The third-order valence-corrected chi connectivity index (χ3v) is 6.28. The number of hydrogen-bond acceptors (Lipinski definition) is 5. The van der Waals surface area contributed by atoms with E-state index >= 15 is 0 Å². The van der Waals surface area contributed by atoms with Gasteiger partial charge in [-0.25, -0.2) is 8.78 Å². The molecule has 4 N–H and O–H groups in total. The number of aliphatic hydroxyl groups excluding tert-OH is 1. The predicted molar refractivity (Wildman–Crippen MR) is 151 cm³/mol. The van der Waals surface area contributed by atoms with Gasteiger partial charge in [0.25, 0.3) is 11.8 Å². The highest BCUT2D eigenvalue weighted by Gasteiger charge is 2.24. The Morgan fingerprint density at radius 1 is 0.902 bits per heavy atom. The number of nitrogens with zero attached hydrogens (tertiary/aromatic N) is 1. The van der Waals surface area contributed by atoms with E-state index in [4.69, 9.17) is 0 Å². The molecule has 0 aliphatic rings. The van der Waals surface area contributed by atoms with Crippen molar-refractivity contribution in [3.63, 3.8) is 0 Å². The number of aryl methyl sites for hydroxylation is 1. The summed E-state index contributed by atoms with van der Waals surface area (Å²) in [5.74, 6) is -3.18. The van der Waals surface area contributed by atoms with Gasteiger partial charge in [-0.1, -0.05) is 13.8 Å². The molecule has 9 nitrogen and oxygen atoms in total. The molecule has 0 heterocycles. The van der Waals surface area contributed by atoms with E-state index in [1.165, 1.54) is 13.0 Å². The van der Waals surface area contributed by atoms with Gasteiger partial charge in [0.05, 0.1) is 18.7 Å². The van der Waals surface area contributed by atoms with Crippen molar-refractivity contribution in [3.8, 4) is 0 Å². The van der Waals surface area contributed by atoms with Crippen molar-refractivity contribution in [2.24, 2.45) is 0 Å². The summed E-state index contributed by atoms with van der Waals surface area (Å²) >= 11 is 0. The Hall–Kier alpha value is -3.86. The normalized spacial score (nSPS) is 12.3. The molecular formula is C30H40F2N4O5. The van der Waals surface area contributed by atoms with Crippen molar-refractivity contribution < 1.29 is 33.1 Å². The van der Waals surface area contributed by atoms with Crippen LogP contribution in [0.2, 0.25) is 0 Å². The second-order valence-electron chi connectivity index (χ2n) is 10.1. The summed E-state index contributed by atoms with van der Waals surface area (Å²) in [5, 5.41) is 18.6. The average Bonchev–Trinajstić information content (AvgIpc) is 2.90. The van der Waals surface area contributed by atoms with Crippen LogP contribution in [0.15, 0.2) is 36.4 Å². The topological polar surface area (TPSA) is 128 Å². The molecular weight excluding hydrogens is 534 g/mol. The Morgan fingerprint density at radius 3 is 2.10 bits per heavy atom. The van der Waals surface area contributed by atoms with E-state index in [1.807, 2.05) is 13.8 Å². The number of carbonyl (C=O) groups excluding carboxylic acids is 4. The van der Waals surface area contributed by atoms with Crippen LogP contribution >= 0.6 is 0 Å². The molecule has 0 spiro atoms. The zero-order valence-electron chi connectivity index (χ0n) is 24.1. The number of rotatable bonds is 15. The van der Waals surface area contributed by atoms with Gasteiger partial charge in [0.15, 0.2) is 0 Å². The molecule has 0 aliphatic carbocycles. The Balaban J connectivity index is 2.24. The van der Waals surface area contributed by atoms with Crippen LogP contribution < -0.4 is 16.0 Å². The van der Waals surface area contributed by atoms with Crippen LogP contribution in [0.4, 0.5) is 8.78 Å². The van der Waals surface area contributed by atoms with E-state index in [1.54, 1.807) is 24.0 Å². The Kier molecular flexibility index (Phi) is 13.4. The van der Waals surface area contributed by atoms with Gasteiger partial charge in [-0.05, 0) is 74.1 Å². The SMILES string of the molecule is CCCN(CCC)C(=O)c1cc(C)cc(C(=O)N[C@@H](Cc2cc(F)cc(F)c2)[C@H](O)CCNC(=O)CNC(C)=O)c1. The van der Waals surface area contributed by atoms with Crippen LogP contribution in [-0.2, 0) is 16.0 Å². The van der Waals surface area contributed by atoms with Crippen molar-refractivity contribution in [2.45, 2.75) is 65.5 Å². The predicted octanol–water partition coefficient (Wildman–Crippen LogP) is 2.88. The van der Waals surface area contributed by atoms with Gasteiger partial charge in [0, 0.05) is 43.8 Å². The van der Waals surface area contributed by atoms with Crippen LogP contribution in [0.5, 0.6) is 0 Å². The first-order chi connectivity index (χ1) is 19.4. The molecule has 0 saturated heterocycles. The molecule has 2 rings (SSSR count). The van der Waals surface area contributed by atoms with E-state index in [0.717, 1.165) is 31.0 Å². The zero-order valence-corrected chi connectivity index (χ0v) is 24.1. The molecule has 2 atom stereocenters. The van der Waals surface area contributed by atoms with Crippen molar-refractivity contribution in [2.75, 3.05) is 26.2 Å². The maximum atomic E-state index is 13.9. The molecule has 0 unspecified atom stereocenters. The molecule has 0 fully saturated rings. The molecule has 0 radical (unpaired) electrons. The number of halogens is 2.